The molecule has 1 saturated heterocycles. The summed E-state index contributed by atoms with van der Waals surface area (Å²) in [6.45, 7) is 4.47. The van der Waals surface area contributed by atoms with E-state index >= 15 is 0 Å². The Kier molecular flexibility index (Phi) is 6.09. The van der Waals surface area contributed by atoms with E-state index in [1.807, 2.05) is 0 Å². The van der Waals surface area contributed by atoms with Gasteiger partial charge in [0.1, 0.15) is 11.2 Å². The van der Waals surface area contributed by atoms with E-state index in [-0.39, 0.29) is 25.6 Å². The fourth-order valence-corrected chi connectivity index (χ4v) is 2.52. The molecular formula is C15H25F2NO5. The van der Waals surface area contributed by atoms with Crippen LogP contribution in [0.1, 0.15) is 40.0 Å². The highest BCUT2D eigenvalue weighted by atomic mass is 19.3. The first kappa shape index (κ1) is 19.8. The van der Waals surface area contributed by atoms with Gasteiger partial charge in [-0.1, -0.05) is 6.92 Å². The van der Waals surface area contributed by atoms with Gasteiger partial charge in [-0.05, 0) is 20.3 Å². The molecule has 1 amide bonds. The third-order valence-electron chi connectivity index (χ3n) is 4.57. The number of carbonyl (C=O) groups excluding carboxylic acids is 2. The van der Waals surface area contributed by atoms with Gasteiger partial charge in [0.25, 0.3) is 5.91 Å². The van der Waals surface area contributed by atoms with Gasteiger partial charge in [0.05, 0.1) is 6.61 Å². The molecule has 6 nitrogen and oxygen atoms in total. The van der Waals surface area contributed by atoms with Crippen molar-refractivity contribution in [1.82, 2.24) is 4.90 Å². The van der Waals surface area contributed by atoms with Crippen molar-refractivity contribution in [3.63, 3.8) is 0 Å². The lowest BCUT2D eigenvalue weighted by atomic mass is 9.84. The fraction of sp³-hybridized carbons (Fsp3) is 0.867. The third kappa shape index (κ3) is 3.63. The molecule has 0 aliphatic carbocycles. The Morgan fingerprint density at radius 3 is 2.17 bits per heavy atom. The fourth-order valence-electron chi connectivity index (χ4n) is 2.52. The predicted molar refractivity (Wildman–Crippen MR) is 78.0 cm³/mol. The average Bonchev–Trinajstić information content (AvgIpc) is 2.54. The molecule has 0 bridgehead atoms. The Balaban J connectivity index is 2.81. The molecule has 1 fully saturated rings. The Bertz CT molecular complexity index is 443. The van der Waals surface area contributed by atoms with Crippen molar-refractivity contribution in [2.75, 3.05) is 26.8 Å². The van der Waals surface area contributed by atoms with Gasteiger partial charge in [-0.2, -0.15) is 8.78 Å². The van der Waals surface area contributed by atoms with Gasteiger partial charge < -0.3 is 19.5 Å². The maximum atomic E-state index is 14.1. The monoisotopic (exact) mass is 337 g/mol. The van der Waals surface area contributed by atoms with Crippen LogP contribution in [0.25, 0.3) is 0 Å². The Morgan fingerprint density at radius 1 is 1.26 bits per heavy atom. The molecule has 0 saturated carbocycles. The number of nitrogens with zero attached hydrogens (tertiary/aromatic N) is 1. The van der Waals surface area contributed by atoms with E-state index in [0.717, 1.165) is 0 Å². The molecule has 1 aliphatic rings. The van der Waals surface area contributed by atoms with Crippen LogP contribution in [0.5, 0.6) is 0 Å². The van der Waals surface area contributed by atoms with Crippen molar-refractivity contribution in [2.24, 2.45) is 0 Å². The molecule has 1 N–H and O–H groups in total. The first-order chi connectivity index (χ1) is 10.6. The predicted octanol–water partition coefficient (Wildman–Crippen LogP) is 1.35. The summed E-state index contributed by atoms with van der Waals surface area (Å²) in [7, 11) is 1.41. The number of amides is 1. The van der Waals surface area contributed by atoms with Gasteiger partial charge in [0.2, 0.25) is 0 Å². The van der Waals surface area contributed by atoms with Crippen LogP contribution in [0.4, 0.5) is 8.78 Å². The molecule has 1 atom stereocenters. The van der Waals surface area contributed by atoms with Crippen molar-refractivity contribution in [3.05, 3.63) is 0 Å². The normalized spacial score (nSPS) is 20.7. The zero-order chi connectivity index (χ0) is 17.9. The second-order valence-corrected chi connectivity index (χ2v) is 5.91. The average molecular weight is 337 g/mol. The van der Waals surface area contributed by atoms with Crippen LogP contribution in [-0.4, -0.2) is 65.8 Å². The number of aliphatic hydroxyl groups is 1. The van der Waals surface area contributed by atoms with Gasteiger partial charge in [-0.25, -0.2) is 4.79 Å². The highest BCUT2D eigenvalue weighted by Crippen LogP contribution is 2.39. The van der Waals surface area contributed by atoms with Gasteiger partial charge in [0, 0.05) is 33.0 Å². The molecule has 1 unspecified atom stereocenters. The van der Waals surface area contributed by atoms with Crippen molar-refractivity contribution < 1.29 is 33.0 Å². The topological polar surface area (TPSA) is 76.1 Å². The first-order valence-electron chi connectivity index (χ1n) is 7.70. The van der Waals surface area contributed by atoms with Crippen molar-refractivity contribution in [1.29, 1.82) is 0 Å². The van der Waals surface area contributed by atoms with E-state index in [1.165, 1.54) is 18.9 Å². The lowest BCUT2D eigenvalue weighted by Crippen LogP contribution is -2.61. The number of piperidine rings is 1. The lowest BCUT2D eigenvalue weighted by molar-refractivity contribution is -0.223. The van der Waals surface area contributed by atoms with E-state index in [0.29, 0.717) is 6.42 Å². The van der Waals surface area contributed by atoms with Crippen LogP contribution in [0.3, 0.4) is 0 Å². The second kappa shape index (κ2) is 7.09. The molecule has 23 heavy (non-hydrogen) atoms. The summed E-state index contributed by atoms with van der Waals surface area (Å²) in [5.74, 6) is -6.06. The summed E-state index contributed by atoms with van der Waals surface area (Å²) in [5.41, 5.74) is -3.54. The number of likely N-dealkylation sites (tertiary alicyclic amines) is 1. The number of hydrogen-bond donors (Lipinski definition) is 1. The van der Waals surface area contributed by atoms with E-state index in [4.69, 9.17) is 4.74 Å². The number of methoxy groups -OCH3 is 1. The number of rotatable bonds is 6. The summed E-state index contributed by atoms with van der Waals surface area (Å²) in [4.78, 5) is 25.2. The standard InChI is InChI=1S/C15H25F2NO5/c1-5-13(3,22-4)11(19)18-9-7-14(21,8-10-18)15(16,17)12(20)23-6-2/h21H,5-10H2,1-4H3. The van der Waals surface area contributed by atoms with Gasteiger partial charge in [-0.3, -0.25) is 4.79 Å². The summed E-state index contributed by atoms with van der Waals surface area (Å²) in [6, 6.07) is 0. The highest BCUT2D eigenvalue weighted by molar-refractivity contribution is 5.85. The summed E-state index contributed by atoms with van der Waals surface area (Å²) in [5, 5.41) is 10.2. The molecule has 0 aromatic rings. The Morgan fingerprint density at radius 2 is 1.78 bits per heavy atom. The zero-order valence-electron chi connectivity index (χ0n) is 14.0. The molecule has 1 rings (SSSR count). The van der Waals surface area contributed by atoms with Crippen LogP contribution in [0.15, 0.2) is 0 Å². The molecular weight excluding hydrogens is 312 g/mol. The Labute approximate surface area is 134 Å². The van der Waals surface area contributed by atoms with E-state index in [1.54, 1.807) is 13.8 Å². The minimum Gasteiger partial charge on any atom is -0.461 e. The largest absolute Gasteiger partial charge is 0.461 e. The number of carbonyl (C=O) groups is 2. The number of halogens is 2. The molecule has 0 spiro atoms. The summed E-state index contributed by atoms with van der Waals surface area (Å²) >= 11 is 0. The van der Waals surface area contributed by atoms with Crippen molar-refractivity contribution in [2.45, 2.75) is 57.2 Å². The van der Waals surface area contributed by atoms with Gasteiger partial charge in [-0.15, -0.1) is 0 Å². The SMILES string of the molecule is CCOC(=O)C(F)(F)C1(O)CCN(C(=O)C(C)(CC)OC)CC1. The third-order valence-corrected chi connectivity index (χ3v) is 4.57. The number of esters is 1. The van der Waals surface area contributed by atoms with Crippen molar-refractivity contribution in [3.8, 4) is 0 Å². The molecule has 134 valence electrons. The molecule has 1 aliphatic heterocycles. The minimum atomic E-state index is -4.01. The van der Waals surface area contributed by atoms with Crippen LogP contribution in [-0.2, 0) is 19.1 Å². The van der Waals surface area contributed by atoms with E-state index in [2.05, 4.69) is 4.74 Å². The minimum absolute atomic E-state index is 0.0801. The Hall–Kier alpha value is -1.28. The lowest BCUT2D eigenvalue weighted by Gasteiger charge is -2.43. The molecule has 0 aromatic heterocycles. The number of hydrogen-bond acceptors (Lipinski definition) is 5. The van der Waals surface area contributed by atoms with Crippen LogP contribution < -0.4 is 0 Å². The molecule has 8 heteroatoms. The highest BCUT2D eigenvalue weighted by Gasteiger charge is 2.60. The maximum Gasteiger partial charge on any atom is 0.380 e. The smallest absolute Gasteiger partial charge is 0.380 e. The summed E-state index contributed by atoms with van der Waals surface area (Å²) < 4.78 is 37.8. The quantitative estimate of drug-likeness (QED) is 0.741. The van der Waals surface area contributed by atoms with E-state index in [9.17, 15) is 23.5 Å². The van der Waals surface area contributed by atoms with Crippen LogP contribution in [0.2, 0.25) is 0 Å². The van der Waals surface area contributed by atoms with Gasteiger partial charge in [0.15, 0.2) is 0 Å². The molecule has 0 aromatic carbocycles. The number of alkyl halides is 2. The molecule has 1 heterocycles. The van der Waals surface area contributed by atoms with E-state index < -0.39 is 35.9 Å². The van der Waals surface area contributed by atoms with Crippen molar-refractivity contribution >= 4 is 11.9 Å². The molecule has 0 radical (unpaired) electrons. The summed E-state index contributed by atoms with van der Waals surface area (Å²) in [6.07, 6.45) is -0.385. The second-order valence-electron chi connectivity index (χ2n) is 5.91. The van der Waals surface area contributed by atoms with Crippen LogP contribution in [0, 0.1) is 0 Å². The number of ether oxygens (including phenoxy) is 2. The van der Waals surface area contributed by atoms with Crippen LogP contribution >= 0.6 is 0 Å². The van der Waals surface area contributed by atoms with Gasteiger partial charge >= 0.3 is 11.9 Å². The maximum absolute atomic E-state index is 14.1. The first-order valence-corrected chi connectivity index (χ1v) is 7.70. The zero-order valence-corrected chi connectivity index (χ0v) is 14.0.